The van der Waals surface area contributed by atoms with Crippen molar-refractivity contribution < 1.29 is 10.2 Å². The molecule has 1 aliphatic heterocycles. The summed E-state index contributed by atoms with van der Waals surface area (Å²) < 4.78 is 0. The summed E-state index contributed by atoms with van der Waals surface area (Å²) in [5.74, 6) is -1.04. The van der Waals surface area contributed by atoms with E-state index in [0.717, 1.165) is 0 Å². The summed E-state index contributed by atoms with van der Waals surface area (Å²) in [4.78, 5) is 9.98. The van der Waals surface area contributed by atoms with Crippen molar-refractivity contribution in [1.82, 2.24) is 4.98 Å². The lowest BCUT2D eigenvalue weighted by atomic mass is 10.1. The third-order valence-electron chi connectivity index (χ3n) is 3.70. The van der Waals surface area contributed by atoms with Crippen LogP contribution in [0.3, 0.4) is 0 Å². The van der Waals surface area contributed by atoms with Gasteiger partial charge in [0.1, 0.15) is 11.5 Å². The number of aliphatic hydroxyl groups is 2. The Bertz CT molecular complexity index is 850. The molecule has 1 aromatic heterocycles. The van der Waals surface area contributed by atoms with Gasteiger partial charge in [-0.1, -0.05) is 18.7 Å². The molecule has 122 valence electrons. The van der Waals surface area contributed by atoms with Gasteiger partial charge in [0.15, 0.2) is 17.5 Å². The van der Waals surface area contributed by atoms with Crippen LogP contribution in [-0.2, 0) is 5.79 Å². The van der Waals surface area contributed by atoms with Crippen molar-refractivity contribution in [2.75, 3.05) is 10.6 Å². The molecule has 0 spiro atoms. The first kappa shape index (κ1) is 15.9. The summed E-state index contributed by atoms with van der Waals surface area (Å²) >= 11 is 0. The molecule has 7 nitrogen and oxygen atoms in total. The van der Waals surface area contributed by atoms with Gasteiger partial charge in [-0.3, -0.25) is 10.3 Å². The van der Waals surface area contributed by atoms with Crippen molar-refractivity contribution in [3.8, 4) is 0 Å². The average molecular weight is 323 g/mol. The first-order chi connectivity index (χ1) is 11.3. The molecule has 24 heavy (non-hydrogen) atoms. The summed E-state index contributed by atoms with van der Waals surface area (Å²) in [6, 6.07) is 10.0. The maximum Gasteiger partial charge on any atom is 0.186 e. The largest absolute Gasteiger partial charge is 0.383 e. The molecular weight excluding hydrogens is 306 g/mol. The van der Waals surface area contributed by atoms with Gasteiger partial charge in [0, 0.05) is 17.4 Å². The first-order valence-corrected chi connectivity index (χ1v) is 7.22. The fraction of sp³-hybridized carbons (Fsp3) is 0.118. The fourth-order valence-electron chi connectivity index (χ4n) is 2.43. The van der Waals surface area contributed by atoms with Crippen LogP contribution in [0.25, 0.3) is 0 Å². The Balaban J connectivity index is 2.05. The van der Waals surface area contributed by atoms with E-state index in [1.165, 1.54) is 6.92 Å². The second kappa shape index (κ2) is 5.55. The van der Waals surface area contributed by atoms with Crippen molar-refractivity contribution in [3.05, 3.63) is 66.0 Å². The van der Waals surface area contributed by atoms with E-state index in [2.05, 4.69) is 16.6 Å². The Kier molecular flexibility index (Phi) is 3.67. The monoisotopic (exact) mass is 323 g/mol. The van der Waals surface area contributed by atoms with Gasteiger partial charge >= 0.3 is 0 Å². The number of nitrogens with zero attached hydrogens (tertiary/aromatic N) is 3. The highest BCUT2D eigenvalue weighted by molar-refractivity contribution is 6.33. The number of hydrogen-bond acceptors (Lipinski definition) is 6. The van der Waals surface area contributed by atoms with Gasteiger partial charge in [0.25, 0.3) is 0 Å². The molecule has 3 rings (SSSR count). The molecule has 5 N–H and O–H groups in total. The Morgan fingerprint density at radius 3 is 2.46 bits per heavy atom. The second-order valence-electron chi connectivity index (χ2n) is 5.57. The van der Waals surface area contributed by atoms with Crippen LogP contribution in [0.15, 0.2) is 59.9 Å². The van der Waals surface area contributed by atoms with Gasteiger partial charge in [0.2, 0.25) is 0 Å². The van der Waals surface area contributed by atoms with E-state index in [9.17, 15) is 10.2 Å². The van der Waals surface area contributed by atoms with E-state index >= 15 is 0 Å². The van der Waals surface area contributed by atoms with Crippen LogP contribution in [0.4, 0.5) is 11.5 Å². The van der Waals surface area contributed by atoms with E-state index in [1.54, 1.807) is 47.5 Å². The molecule has 1 aromatic carbocycles. The highest BCUT2D eigenvalue weighted by Gasteiger charge is 2.30. The Morgan fingerprint density at radius 2 is 1.88 bits per heavy atom. The fourth-order valence-corrected chi connectivity index (χ4v) is 2.43. The van der Waals surface area contributed by atoms with Crippen LogP contribution >= 0.6 is 0 Å². The quantitative estimate of drug-likeness (QED) is 0.639. The number of aromatic nitrogens is 1. The van der Waals surface area contributed by atoms with E-state index in [-0.39, 0.29) is 5.84 Å². The lowest BCUT2D eigenvalue weighted by molar-refractivity contribution is -0.152. The van der Waals surface area contributed by atoms with Crippen molar-refractivity contribution in [3.63, 3.8) is 0 Å². The predicted molar refractivity (Wildman–Crippen MR) is 92.8 cm³/mol. The second-order valence-corrected chi connectivity index (χ2v) is 5.57. The van der Waals surface area contributed by atoms with Crippen LogP contribution < -0.4 is 10.6 Å². The zero-order chi connectivity index (χ0) is 17.5. The van der Waals surface area contributed by atoms with E-state index < -0.39 is 5.79 Å². The van der Waals surface area contributed by atoms with Crippen LogP contribution in [0.5, 0.6) is 0 Å². The van der Waals surface area contributed by atoms with Gasteiger partial charge in [0.05, 0.1) is 5.56 Å². The topological polar surface area (TPSA) is 119 Å². The highest BCUT2D eigenvalue weighted by atomic mass is 16.5. The minimum atomic E-state index is -1.93. The van der Waals surface area contributed by atoms with Gasteiger partial charge in [-0.05, 0) is 31.2 Å². The maximum absolute atomic E-state index is 9.64. The molecule has 2 heterocycles. The molecular formula is C17H17N5O2. The third kappa shape index (κ3) is 2.66. The lowest BCUT2D eigenvalue weighted by Crippen LogP contribution is -2.33. The number of rotatable bonds is 3. The SMILES string of the molecule is C=C1N=C(c2cccnc2N)N(c2ccc(C(C)(O)O)cc2)C1=N. The number of aliphatic imine (C=N–C) groups is 1. The molecule has 7 heteroatoms. The molecule has 0 fully saturated rings. The van der Waals surface area contributed by atoms with Crippen molar-refractivity contribution in [1.29, 1.82) is 5.41 Å². The van der Waals surface area contributed by atoms with Crippen LogP contribution in [0, 0.1) is 5.41 Å². The van der Waals surface area contributed by atoms with E-state index in [0.29, 0.717) is 34.2 Å². The highest BCUT2D eigenvalue weighted by Crippen LogP contribution is 2.29. The number of nitrogens with one attached hydrogen (secondary N) is 1. The van der Waals surface area contributed by atoms with E-state index in [4.69, 9.17) is 11.1 Å². The molecule has 0 radical (unpaired) electrons. The van der Waals surface area contributed by atoms with E-state index in [1.807, 2.05) is 0 Å². The average Bonchev–Trinajstić information content (AvgIpc) is 2.82. The molecule has 0 atom stereocenters. The lowest BCUT2D eigenvalue weighted by Gasteiger charge is -2.22. The van der Waals surface area contributed by atoms with Crippen molar-refractivity contribution in [2.45, 2.75) is 12.7 Å². The molecule has 0 amide bonds. The molecule has 0 unspecified atom stereocenters. The number of anilines is 2. The number of nitrogens with two attached hydrogens (primary N) is 1. The smallest absolute Gasteiger partial charge is 0.186 e. The molecule has 0 saturated heterocycles. The number of amidine groups is 2. The number of nitrogen functional groups attached to an aromatic ring is 1. The Morgan fingerprint density at radius 1 is 1.21 bits per heavy atom. The summed E-state index contributed by atoms with van der Waals surface area (Å²) in [6.07, 6.45) is 1.58. The molecule has 1 aliphatic rings. The Hall–Kier alpha value is -3.03. The molecule has 0 saturated carbocycles. The predicted octanol–water partition coefficient (Wildman–Crippen LogP) is 1.58. The number of benzene rings is 1. The summed E-state index contributed by atoms with van der Waals surface area (Å²) in [6.45, 7) is 5.06. The Labute approximate surface area is 138 Å². The zero-order valence-electron chi connectivity index (χ0n) is 13.1. The van der Waals surface area contributed by atoms with Gasteiger partial charge in [-0.15, -0.1) is 0 Å². The standard InChI is InChI=1S/C17H17N5O2/c1-10-15(19)22(12-7-5-11(6-8-12)17(2,23)24)16(21-10)13-4-3-9-20-14(13)18/h3-9,19,23-24H,1H2,2H3,(H2,18,20). The van der Waals surface area contributed by atoms with Crippen molar-refractivity contribution >= 4 is 23.2 Å². The third-order valence-corrected chi connectivity index (χ3v) is 3.70. The minimum Gasteiger partial charge on any atom is -0.383 e. The van der Waals surface area contributed by atoms with Crippen LogP contribution in [-0.4, -0.2) is 26.9 Å². The van der Waals surface area contributed by atoms with Crippen LogP contribution in [0.2, 0.25) is 0 Å². The molecule has 2 aromatic rings. The minimum absolute atomic E-state index is 0.122. The summed E-state index contributed by atoms with van der Waals surface area (Å²) in [5, 5.41) is 27.5. The maximum atomic E-state index is 9.64. The molecule has 0 aliphatic carbocycles. The first-order valence-electron chi connectivity index (χ1n) is 7.22. The van der Waals surface area contributed by atoms with Gasteiger partial charge < -0.3 is 15.9 Å². The summed E-state index contributed by atoms with van der Waals surface area (Å²) in [7, 11) is 0. The van der Waals surface area contributed by atoms with Gasteiger partial charge in [-0.25, -0.2) is 9.98 Å². The van der Waals surface area contributed by atoms with Crippen molar-refractivity contribution in [2.24, 2.45) is 4.99 Å². The van der Waals surface area contributed by atoms with Crippen LogP contribution in [0.1, 0.15) is 18.1 Å². The number of pyridine rings is 1. The van der Waals surface area contributed by atoms with Gasteiger partial charge in [-0.2, -0.15) is 0 Å². The molecule has 0 bridgehead atoms. The number of hydrogen-bond donors (Lipinski definition) is 4. The normalized spacial score (nSPS) is 15.0. The summed E-state index contributed by atoms with van der Waals surface area (Å²) in [5.41, 5.74) is 7.81. The zero-order valence-corrected chi connectivity index (χ0v) is 13.1.